The second-order valence-electron chi connectivity index (χ2n) is 4.70. The molecule has 0 aliphatic heterocycles. The molecule has 1 aromatic rings. The number of nitrogens with two attached hydrogens (primary N) is 1. The van der Waals surface area contributed by atoms with E-state index in [1.165, 1.54) is 5.56 Å². The van der Waals surface area contributed by atoms with Gasteiger partial charge in [0.25, 0.3) is 5.91 Å². The van der Waals surface area contributed by atoms with Gasteiger partial charge in [0.05, 0.1) is 13.1 Å². The SMILES string of the molecule is C=Cc1ccc(C[N+](CC)(CC)CC(N)=O)cc1. The Kier molecular flexibility index (Phi) is 5.10. The molecule has 1 amide bonds. The molecule has 3 heteroatoms. The maximum Gasteiger partial charge on any atom is 0.272 e. The minimum Gasteiger partial charge on any atom is -0.365 e. The lowest BCUT2D eigenvalue weighted by Crippen LogP contribution is -2.51. The molecule has 0 heterocycles. The van der Waals surface area contributed by atoms with E-state index in [1.54, 1.807) is 0 Å². The van der Waals surface area contributed by atoms with Gasteiger partial charge in [-0.3, -0.25) is 4.79 Å². The molecule has 0 unspecified atom stereocenters. The van der Waals surface area contributed by atoms with E-state index in [1.807, 2.05) is 18.2 Å². The highest BCUT2D eigenvalue weighted by molar-refractivity contribution is 5.74. The third-order valence-corrected chi connectivity index (χ3v) is 3.57. The molecule has 0 saturated carbocycles. The van der Waals surface area contributed by atoms with Crippen molar-refractivity contribution in [3.8, 4) is 0 Å². The van der Waals surface area contributed by atoms with E-state index in [4.69, 9.17) is 5.73 Å². The second kappa shape index (κ2) is 6.36. The molecule has 0 aliphatic rings. The van der Waals surface area contributed by atoms with Crippen molar-refractivity contribution in [1.29, 1.82) is 0 Å². The summed E-state index contributed by atoms with van der Waals surface area (Å²) in [7, 11) is 0. The maximum atomic E-state index is 11.2. The van der Waals surface area contributed by atoms with E-state index in [0.717, 1.165) is 25.2 Å². The molecule has 98 valence electrons. The van der Waals surface area contributed by atoms with Gasteiger partial charge >= 0.3 is 0 Å². The summed E-state index contributed by atoms with van der Waals surface area (Å²) in [6.45, 7) is 11.0. The summed E-state index contributed by atoms with van der Waals surface area (Å²) < 4.78 is 0.711. The first-order valence-electron chi connectivity index (χ1n) is 6.40. The summed E-state index contributed by atoms with van der Waals surface area (Å²) in [4.78, 5) is 11.2. The Morgan fingerprint density at radius 1 is 1.28 bits per heavy atom. The highest BCUT2D eigenvalue weighted by Crippen LogP contribution is 2.15. The molecular formula is C15H23N2O+. The van der Waals surface area contributed by atoms with Gasteiger partial charge in [-0.05, 0) is 19.4 Å². The van der Waals surface area contributed by atoms with Crippen LogP contribution in [0.4, 0.5) is 0 Å². The van der Waals surface area contributed by atoms with Crippen LogP contribution in [0.15, 0.2) is 30.8 Å². The number of carbonyl (C=O) groups is 1. The molecule has 0 atom stereocenters. The van der Waals surface area contributed by atoms with E-state index in [0.29, 0.717) is 11.0 Å². The Bertz CT molecular complexity index is 405. The van der Waals surface area contributed by atoms with E-state index < -0.39 is 0 Å². The van der Waals surface area contributed by atoms with Crippen molar-refractivity contribution < 1.29 is 9.28 Å². The van der Waals surface area contributed by atoms with Crippen LogP contribution in [0.3, 0.4) is 0 Å². The monoisotopic (exact) mass is 247 g/mol. The number of rotatable bonds is 7. The van der Waals surface area contributed by atoms with Gasteiger partial charge in [-0.25, -0.2) is 0 Å². The average Bonchev–Trinajstić information content (AvgIpc) is 2.38. The van der Waals surface area contributed by atoms with Crippen molar-refractivity contribution in [2.45, 2.75) is 20.4 Å². The normalized spacial score (nSPS) is 11.2. The van der Waals surface area contributed by atoms with Crippen LogP contribution in [-0.4, -0.2) is 30.0 Å². The van der Waals surface area contributed by atoms with E-state index in [2.05, 4.69) is 32.6 Å². The van der Waals surface area contributed by atoms with Crippen molar-refractivity contribution in [3.05, 3.63) is 42.0 Å². The van der Waals surface area contributed by atoms with Crippen LogP contribution in [0.2, 0.25) is 0 Å². The zero-order valence-electron chi connectivity index (χ0n) is 11.4. The van der Waals surface area contributed by atoms with Crippen molar-refractivity contribution in [2.75, 3.05) is 19.6 Å². The Morgan fingerprint density at radius 3 is 2.22 bits per heavy atom. The molecule has 0 spiro atoms. The van der Waals surface area contributed by atoms with Crippen LogP contribution in [0.1, 0.15) is 25.0 Å². The van der Waals surface area contributed by atoms with Crippen LogP contribution in [0.5, 0.6) is 0 Å². The number of likely N-dealkylation sites (N-methyl/N-ethyl adjacent to an activating group) is 1. The lowest BCUT2D eigenvalue weighted by molar-refractivity contribution is -0.930. The number of primary amides is 1. The van der Waals surface area contributed by atoms with E-state index >= 15 is 0 Å². The summed E-state index contributed by atoms with van der Waals surface area (Å²) in [5.74, 6) is -0.235. The zero-order valence-corrected chi connectivity index (χ0v) is 11.4. The van der Waals surface area contributed by atoms with E-state index in [-0.39, 0.29) is 5.91 Å². The number of hydrogen-bond acceptors (Lipinski definition) is 1. The lowest BCUT2D eigenvalue weighted by Gasteiger charge is -2.35. The van der Waals surface area contributed by atoms with Crippen molar-refractivity contribution in [2.24, 2.45) is 5.73 Å². The fourth-order valence-electron chi connectivity index (χ4n) is 2.20. The number of nitrogens with zero attached hydrogens (tertiary/aromatic N) is 1. The predicted octanol–water partition coefficient (Wildman–Crippen LogP) is 2.17. The number of carbonyl (C=O) groups excluding carboxylic acids is 1. The average molecular weight is 247 g/mol. The highest BCUT2D eigenvalue weighted by atomic mass is 16.1. The van der Waals surface area contributed by atoms with Crippen LogP contribution >= 0.6 is 0 Å². The molecule has 0 aromatic heterocycles. The van der Waals surface area contributed by atoms with E-state index in [9.17, 15) is 4.79 Å². The topological polar surface area (TPSA) is 43.1 Å². The van der Waals surface area contributed by atoms with Crippen LogP contribution < -0.4 is 5.73 Å². The van der Waals surface area contributed by atoms with Crippen molar-refractivity contribution in [1.82, 2.24) is 0 Å². The first kappa shape index (κ1) is 14.5. The lowest BCUT2D eigenvalue weighted by atomic mass is 10.1. The fraction of sp³-hybridized carbons (Fsp3) is 0.400. The molecule has 3 nitrogen and oxygen atoms in total. The molecule has 0 radical (unpaired) electrons. The van der Waals surface area contributed by atoms with Gasteiger partial charge in [-0.1, -0.05) is 36.9 Å². The number of hydrogen-bond donors (Lipinski definition) is 1. The minimum atomic E-state index is -0.235. The van der Waals surface area contributed by atoms with Gasteiger partial charge in [-0.15, -0.1) is 0 Å². The molecule has 0 bridgehead atoms. The molecule has 1 aromatic carbocycles. The maximum absolute atomic E-state index is 11.2. The first-order valence-corrected chi connectivity index (χ1v) is 6.40. The largest absolute Gasteiger partial charge is 0.365 e. The quantitative estimate of drug-likeness (QED) is 0.737. The van der Waals surface area contributed by atoms with Crippen molar-refractivity contribution in [3.63, 3.8) is 0 Å². The molecule has 0 aliphatic carbocycles. The molecule has 0 fully saturated rings. The Balaban J connectivity index is 2.87. The Hall–Kier alpha value is -1.61. The molecule has 18 heavy (non-hydrogen) atoms. The van der Waals surface area contributed by atoms with Gasteiger partial charge < -0.3 is 10.2 Å². The Morgan fingerprint density at radius 2 is 1.83 bits per heavy atom. The number of quaternary nitrogens is 1. The summed E-state index contributed by atoms with van der Waals surface area (Å²) >= 11 is 0. The van der Waals surface area contributed by atoms with Crippen LogP contribution in [0.25, 0.3) is 6.08 Å². The van der Waals surface area contributed by atoms with Crippen LogP contribution in [-0.2, 0) is 11.3 Å². The smallest absolute Gasteiger partial charge is 0.272 e. The third-order valence-electron chi connectivity index (χ3n) is 3.57. The summed E-state index contributed by atoms with van der Waals surface area (Å²) in [6, 6.07) is 8.28. The number of benzene rings is 1. The molecular weight excluding hydrogens is 224 g/mol. The second-order valence-corrected chi connectivity index (χ2v) is 4.70. The standard InChI is InChI=1S/C15H22N2O/c1-4-13-7-9-14(10-8-13)11-17(5-2,6-3)12-15(16)18/h4,7-10H,1,5-6,11-12H2,2-3H3,(H-,16,18)/p+1. The predicted molar refractivity (Wildman–Crippen MR) is 75.6 cm³/mol. The minimum absolute atomic E-state index is 0.235. The number of amides is 1. The molecule has 0 saturated heterocycles. The van der Waals surface area contributed by atoms with Gasteiger partial charge in [0, 0.05) is 5.56 Å². The first-order chi connectivity index (χ1) is 8.55. The molecule has 2 N–H and O–H groups in total. The summed E-state index contributed by atoms with van der Waals surface area (Å²) in [5, 5.41) is 0. The summed E-state index contributed by atoms with van der Waals surface area (Å²) in [6.07, 6.45) is 1.83. The highest BCUT2D eigenvalue weighted by Gasteiger charge is 2.25. The zero-order chi connectivity index (χ0) is 13.6. The molecule has 1 rings (SSSR count). The van der Waals surface area contributed by atoms with Crippen molar-refractivity contribution >= 4 is 12.0 Å². The van der Waals surface area contributed by atoms with Gasteiger partial charge in [0.15, 0.2) is 6.54 Å². The van der Waals surface area contributed by atoms with Gasteiger partial charge in [0.1, 0.15) is 6.54 Å². The fourth-order valence-corrected chi connectivity index (χ4v) is 2.20. The van der Waals surface area contributed by atoms with Gasteiger partial charge in [-0.2, -0.15) is 0 Å². The Labute approximate surface area is 109 Å². The third kappa shape index (κ3) is 3.70. The van der Waals surface area contributed by atoms with Gasteiger partial charge in [0.2, 0.25) is 0 Å². The van der Waals surface area contributed by atoms with Crippen LogP contribution in [0, 0.1) is 0 Å². The summed E-state index contributed by atoms with van der Waals surface area (Å²) in [5.41, 5.74) is 7.70.